The molecule has 0 saturated heterocycles. The lowest BCUT2D eigenvalue weighted by molar-refractivity contribution is 0.0787. The fourth-order valence-corrected chi connectivity index (χ4v) is 4.33. The number of hydrogen-bond acceptors (Lipinski definition) is 5. The molecule has 4 aromatic rings. The number of rotatable bonds is 6. The molecule has 35 heavy (non-hydrogen) atoms. The Labute approximate surface area is 201 Å². The van der Waals surface area contributed by atoms with Gasteiger partial charge in [0.2, 0.25) is 0 Å². The van der Waals surface area contributed by atoms with Crippen molar-refractivity contribution < 1.29 is 13.6 Å². The number of fused-ring (bicyclic) bond motifs is 1. The van der Waals surface area contributed by atoms with Gasteiger partial charge in [0.1, 0.15) is 17.5 Å². The Morgan fingerprint density at radius 1 is 1.00 bits per heavy atom. The Morgan fingerprint density at radius 3 is 2.60 bits per heavy atom. The molecule has 1 aromatic carbocycles. The van der Waals surface area contributed by atoms with Crippen molar-refractivity contribution in [2.24, 2.45) is 0 Å². The van der Waals surface area contributed by atoms with Gasteiger partial charge < -0.3 is 10.2 Å². The SMILES string of the molecule is CCN1Cc2c(ccnc2N[C@@H](C)c2cc(F)c(-c3ccnc(-c4cccnc4)c3)cc2F)C1=O. The number of hydrogen-bond donors (Lipinski definition) is 1. The molecule has 0 saturated carbocycles. The van der Waals surface area contributed by atoms with Crippen LogP contribution < -0.4 is 5.32 Å². The van der Waals surface area contributed by atoms with Gasteiger partial charge in [-0.3, -0.25) is 14.8 Å². The van der Waals surface area contributed by atoms with Gasteiger partial charge in [-0.05, 0) is 61.9 Å². The Bertz CT molecular complexity index is 1410. The molecule has 0 unspecified atom stereocenters. The van der Waals surface area contributed by atoms with Crippen molar-refractivity contribution >= 4 is 11.7 Å². The van der Waals surface area contributed by atoms with Crippen LogP contribution in [0, 0.1) is 11.6 Å². The minimum Gasteiger partial charge on any atom is -0.363 e. The van der Waals surface area contributed by atoms with Crippen molar-refractivity contribution in [3.8, 4) is 22.4 Å². The third-order valence-corrected chi connectivity index (χ3v) is 6.24. The van der Waals surface area contributed by atoms with Crippen molar-refractivity contribution in [3.63, 3.8) is 0 Å². The molecular formula is C27H23F2N5O. The topological polar surface area (TPSA) is 71.0 Å². The normalized spacial score (nSPS) is 13.6. The van der Waals surface area contributed by atoms with Gasteiger partial charge in [-0.1, -0.05) is 0 Å². The lowest BCUT2D eigenvalue weighted by Gasteiger charge is -2.19. The number of nitrogens with zero attached hydrogens (tertiary/aromatic N) is 4. The second-order valence-corrected chi connectivity index (χ2v) is 8.40. The molecule has 1 aliphatic heterocycles. The number of carbonyl (C=O) groups is 1. The molecular weight excluding hydrogens is 448 g/mol. The lowest BCUT2D eigenvalue weighted by Crippen LogP contribution is -2.22. The molecule has 1 amide bonds. The predicted molar refractivity (Wildman–Crippen MR) is 130 cm³/mol. The third-order valence-electron chi connectivity index (χ3n) is 6.24. The third kappa shape index (κ3) is 4.23. The van der Waals surface area contributed by atoms with E-state index in [-0.39, 0.29) is 17.0 Å². The summed E-state index contributed by atoms with van der Waals surface area (Å²) < 4.78 is 30.5. The average Bonchev–Trinajstić information content (AvgIpc) is 3.22. The summed E-state index contributed by atoms with van der Waals surface area (Å²) in [5.74, 6) is -0.638. The molecule has 1 N–H and O–H groups in total. The van der Waals surface area contributed by atoms with Crippen LogP contribution in [0.5, 0.6) is 0 Å². The molecule has 176 valence electrons. The second-order valence-electron chi connectivity index (χ2n) is 8.40. The van der Waals surface area contributed by atoms with Gasteiger partial charge in [-0.2, -0.15) is 0 Å². The van der Waals surface area contributed by atoms with E-state index >= 15 is 8.78 Å². The highest BCUT2D eigenvalue weighted by Crippen LogP contribution is 2.33. The first-order valence-electron chi connectivity index (χ1n) is 11.4. The smallest absolute Gasteiger partial charge is 0.254 e. The van der Waals surface area contributed by atoms with E-state index < -0.39 is 17.7 Å². The average molecular weight is 472 g/mol. The number of benzene rings is 1. The van der Waals surface area contributed by atoms with E-state index in [1.807, 2.05) is 13.0 Å². The molecule has 1 aliphatic rings. The van der Waals surface area contributed by atoms with Crippen LogP contribution in [0.15, 0.2) is 67.3 Å². The monoisotopic (exact) mass is 471 g/mol. The minimum atomic E-state index is -0.577. The number of carbonyl (C=O) groups excluding carboxylic acids is 1. The fourth-order valence-electron chi connectivity index (χ4n) is 4.33. The maximum Gasteiger partial charge on any atom is 0.254 e. The molecule has 8 heteroatoms. The maximum atomic E-state index is 15.2. The predicted octanol–water partition coefficient (Wildman–Crippen LogP) is 5.63. The van der Waals surface area contributed by atoms with E-state index in [0.29, 0.717) is 35.7 Å². The Hall–Kier alpha value is -4.20. The van der Waals surface area contributed by atoms with Crippen LogP contribution in [0.4, 0.5) is 14.6 Å². The molecule has 0 fully saturated rings. The molecule has 0 bridgehead atoms. The van der Waals surface area contributed by atoms with E-state index in [4.69, 9.17) is 0 Å². The zero-order chi connectivity index (χ0) is 24.5. The zero-order valence-corrected chi connectivity index (χ0v) is 19.3. The Morgan fingerprint density at radius 2 is 1.83 bits per heavy atom. The summed E-state index contributed by atoms with van der Waals surface area (Å²) in [4.78, 5) is 27.0. The van der Waals surface area contributed by atoms with Gasteiger partial charge in [0.25, 0.3) is 5.91 Å². The molecule has 0 spiro atoms. The minimum absolute atomic E-state index is 0.0508. The summed E-state index contributed by atoms with van der Waals surface area (Å²) in [5, 5.41) is 3.17. The van der Waals surface area contributed by atoms with E-state index in [2.05, 4.69) is 20.3 Å². The number of anilines is 1. The van der Waals surface area contributed by atoms with Crippen LogP contribution in [0.1, 0.15) is 41.4 Å². The summed E-state index contributed by atoms with van der Waals surface area (Å²) in [5.41, 5.74) is 3.59. The molecule has 4 heterocycles. The van der Waals surface area contributed by atoms with E-state index in [9.17, 15) is 4.79 Å². The molecule has 3 aromatic heterocycles. The molecule has 0 radical (unpaired) electrons. The van der Waals surface area contributed by atoms with E-state index in [1.54, 1.807) is 60.9 Å². The summed E-state index contributed by atoms with van der Waals surface area (Å²) in [7, 11) is 0. The van der Waals surface area contributed by atoms with Crippen LogP contribution in [0.25, 0.3) is 22.4 Å². The quantitative estimate of drug-likeness (QED) is 0.395. The summed E-state index contributed by atoms with van der Waals surface area (Å²) in [6.45, 7) is 4.67. The summed E-state index contributed by atoms with van der Waals surface area (Å²) in [6, 6.07) is 10.5. The van der Waals surface area contributed by atoms with Crippen LogP contribution in [0.2, 0.25) is 0 Å². The highest BCUT2D eigenvalue weighted by molar-refractivity contribution is 5.99. The number of aromatic nitrogens is 3. The van der Waals surface area contributed by atoms with Gasteiger partial charge in [0.05, 0.1) is 18.3 Å². The van der Waals surface area contributed by atoms with Crippen LogP contribution in [0.3, 0.4) is 0 Å². The van der Waals surface area contributed by atoms with E-state index in [0.717, 1.165) is 11.1 Å². The highest BCUT2D eigenvalue weighted by atomic mass is 19.1. The first-order valence-corrected chi connectivity index (χ1v) is 11.4. The Balaban J connectivity index is 1.43. The second kappa shape index (κ2) is 9.21. The lowest BCUT2D eigenvalue weighted by atomic mass is 9.99. The first-order chi connectivity index (χ1) is 17.0. The van der Waals surface area contributed by atoms with Crippen LogP contribution >= 0.6 is 0 Å². The molecule has 0 aliphatic carbocycles. The van der Waals surface area contributed by atoms with Gasteiger partial charge >= 0.3 is 0 Å². The summed E-state index contributed by atoms with van der Waals surface area (Å²) in [6.07, 6.45) is 6.44. The standard InChI is InChI=1S/C27H23F2N5O/c1-3-34-15-22-19(27(34)35)7-10-32-26(22)33-16(2)20-12-24(29)21(13-23(20)28)17-6-9-31-25(11-17)18-5-4-8-30-14-18/h4-14,16H,3,15H2,1-2H3,(H,32,33)/t16-/m0/s1. The van der Waals surface area contributed by atoms with Crippen molar-refractivity contribution in [3.05, 3.63) is 95.6 Å². The largest absolute Gasteiger partial charge is 0.363 e. The van der Waals surface area contributed by atoms with Gasteiger partial charge in [0.15, 0.2) is 0 Å². The van der Waals surface area contributed by atoms with Crippen molar-refractivity contribution in [1.29, 1.82) is 0 Å². The number of nitrogens with one attached hydrogen (secondary N) is 1. The fraction of sp³-hybridized carbons (Fsp3) is 0.185. The zero-order valence-electron chi connectivity index (χ0n) is 19.3. The van der Waals surface area contributed by atoms with Gasteiger partial charge in [0, 0.05) is 59.1 Å². The summed E-state index contributed by atoms with van der Waals surface area (Å²) >= 11 is 0. The van der Waals surface area contributed by atoms with Crippen LogP contribution in [-0.4, -0.2) is 32.3 Å². The molecule has 6 nitrogen and oxygen atoms in total. The maximum absolute atomic E-state index is 15.2. The molecule has 1 atom stereocenters. The van der Waals surface area contributed by atoms with Crippen LogP contribution in [-0.2, 0) is 6.54 Å². The molecule has 5 rings (SSSR count). The van der Waals surface area contributed by atoms with Gasteiger partial charge in [-0.15, -0.1) is 0 Å². The van der Waals surface area contributed by atoms with Crippen molar-refractivity contribution in [1.82, 2.24) is 19.9 Å². The first kappa shape index (κ1) is 22.6. The number of amides is 1. The Kier molecular flexibility index (Phi) is 5.94. The van der Waals surface area contributed by atoms with Crippen molar-refractivity contribution in [2.75, 3.05) is 11.9 Å². The number of halogens is 2. The van der Waals surface area contributed by atoms with Gasteiger partial charge in [-0.25, -0.2) is 13.8 Å². The number of pyridine rings is 3. The van der Waals surface area contributed by atoms with E-state index in [1.165, 1.54) is 12.1 Å². The highest BCUT2D eigenvalue weighted by Gasteiger charge is 2.29. The van der Waals surface area contributed by atoms with Crippen molar-refractivity contribution in [2.45, 2.75) is 26.4 Å².